The number of carbonyl (C=O) groups is 1. The van der Waals surface area contributed by atoms with Crippen LogP contribution in [0.25, 0.3) is 0 Å². The van der Waals surface area contributed by atoms with E-state index in [1.165, 1.54) is 0 Å². The van der Waals surface area contributed by atoms with Crippen LogP contribution < -0.4 is 25.3 Å². The molecule has 3 rings (SSSR count). The Kier molecular flexibility index (Phi) is 11.9. The van der Waals surface area contributed by atoms with Gasteiger partial charge in [-0.25, -0.2) is 0 Å². The number of amides is 1. The number of carbonyl (C=O) groups excluding carboxylic acids is 1. The first-order valence-electron chi connectivity index (χ1n) is 11.8. The lowest BCUT2D eigenvalue weighted by Crippen LogP contribution is -2.37. The molecule has 6 nitrogen and oxygen atoms in total. The fourth-order valence-electron chi connectivity index (χ4n) is 3.28. The first-order chi connectivity index (χ1) is 16.6. The van der Waals surface area contributed by atoms with Gasteiger partial charge in [0.15, 0.2) is 0 Å². The normalized spacial score (nSPS) is 11.2. The number of rotatable bonds is 13. The summed E-state index contributed by atoms with van der Waals surface area (Å²) in [6.45, 7) is 5.76. The smallest absolute Gasteiger partial charge is 0.241 e. The van der Waals surface area contributed by atoms with Crippen LogP contribution in [0.4, 0.5) is 5.69 Å². The number of nitrogens with two attached hydrogens (primary N) is 1. The summed E-state index contributed by atoms with van der Waals surface area (Å²) < 4.78 is 17.3. The van der Waals surface area contributed by atoms with E-state index in [-0.39, 0.29) is 18.3 Å². The molecule has 0 aliphatic carbocycles. The van der Waals surface area contributed by atoms with Crippen molar-refractivity contribution >= 4 is 24.0 Å². The minimum atomic E-state index is -0.703. The molecule has 0 saturated carbocycles. The zero-order valence-corrected chi connectivity index (χ0v) is 21.2. The van der Waals surface area contributed by atoms with E-state index in [2.05, 4.69) is 12.2 Å². The van der Waals surface area contributed by atoms with E-state index in [0.29, 0.717) is 43.4 Å². The predicted molar refractivity (Wildman–Crippen MR) is 143 cm³/mol. The Balaban J connectivity index is 0.00000432. The van der Waals surface area contributed by atoms with Gasteiger partial charge in [0, 0.05) is 6.07 Å². The summed E-state index contributed by atoms with van der Waals surface area (Å²) in [5, 5.41) is 2.90. The average molecular weight is 499 g/mol. The molecule has 0 fully saturated rings. The zero-order valence-electron chi connectivity index (χ0n) is 20.4. The van der Waals surface area contributed by atoms with Crippen LogP contribution in [0, 0.1) is 0 Å². The van der Waals surface area contributed by atoms with Gasteiger partial charge in [0.1, 0.15) is 23.9 Å². The molecule has 0 heterocycles. The van der Waals surface area contributed by atoms with Gasteiger partial charge in [-0.05, 0) is 54.7 Å². The molecule has 1 atom stereocenters. The van der Waals surface area contributed by atoms with Crippen molar-refractivity contribution in [3.63, 3.8) is 0 Å². The van der Waals surface area contributed by atoms with E-state index in [1.54, 1.807) is 12.1 Å². The van der Waals surface area contributed by atoms with E-state index < -0.39 is 6.04 Å². The van der Waals surface area contributed by atoms with Crippen molar-refractivity contribution in [1.29, 1.82) is 0 Å². The van der Waals surface area contributed by atoms with Crippen LogP contribution in [-0.2, 0) is 17.8 Å². The van der Waals surface area contributed by atoms with E-state index in [4.69, 9.17) is 19.9 Å². The summed E-state index contributed by atoms with van der Waals surface area (Å²) >= 11 is 0. The van der Waals surface area contributed by atoms with Gasteiger partial charge in [-0.1, -0.05) is 56.3 Å². The Morgan fingerprint density at radius 1 is 0.829 bits per heavy atom. The Labute approximate surface area is 214 Å². The van der Waals surface area contributed by atoms with Crippen molar-refractivity contribution in [2.24, 2.45) is 5.73 Å². The first-order valence-corrected chi connectivity index (χ1v) is 11.8. The van der Waals surface area contributed by atoms with E-state index in [1.807, 2.05) is 67.6 Å². The summed E-state index contributed by atoms with van der Waals surface area (Å²) in [6.07, 6.45) is 2.18. The van der Waals surface area contributed by atoms with Crippen molar-refractivity contribution in [2.45, 2.75) is 45.8 Å². The molecule has 0 aliphatic heterocycles. The molecule has 0 aliphatic rings. The second-order valence-corrected chi connectivity index (χ2v) is 8.07. The van der Waals surface area contributed by atoms with Crippen LogP contribution in [0.2, 0.25) is 0 Å². The highest BCUT2D eigenvalue weighted by Gasteiger charge is 2.17. The van der Waals surface area contributed by atoms with E-state index in [0.717, 1.165) is 29.7 Å². The number of hydrogen-bond acceptors (Lipinski definition) is 5. The maximum Gasteiger partial charge on any atom is 0.241 e. The third kappa shape index (κ3) is 9.15. The summed E-state index contributed by atoms with van der Waals surface area (Å²) in [5.41, 5.74) is 8.86. The summed E-state index contributed by atoms with van der Waals surface area (Å²) in [6, 6.07) is 22.4. The van der Waals surface area contributed by atoms with Crippen molar-refractivity contribution in [1.82, 2.24) is 0 Å². The number of halogens is 1. The molecule has 0 spiro atoms. The van der Waals surface area contributed by atoms with Crippen molar-refractivity contribution in [3.8, 4) is 17.2 Å². The van der Waals surface area contributed by atoms with E-state index >= 15 is 0 Å². The summed E-state index contributed by atoms with van der Waals surface area (Å²) in [5.74, 6) is 1.79. The Bertz CT molecular complexity index is 1030. The first kappa shape index (κ1) is 28.0. The number of ether oxygens (including phenoxy) is 3. The number of hydrogen-bond donors (Lipinski definition) is 2. The number of anilines is 1. The molecule has 0 saturated heterocycles. The monoisotopic (exact) mass is 498 g/mol. The number of nitrogens with one attached hydrogen (secondary N) is 1. The van der Waals surface area contributed by atoms with Gasteiger partial charge in [-0.15, -0.1) is 12.4 Å². The molecule has 35 heavy (non-hydrogen) atoms. The number of benzene rings is 3. The SMILES string of the molecule is CCCOc1ccc(NC(=O)[C@H](N)Cc2ccc(OCc3ccccc3)cc2)c(OCCC)c1.Cl. The van der Waals surface area contributed by atoms with Crippen LogP contribution in [0.15, 0.2) is 72.8 Å². The standard InChI is InChI=1S/C28H34N2O4.ClH/c1-3-16-32-24-14-15-26(27(19-24)33-17-4-2)30-28(31)25(29)18-21-10-12-23(13-11-21)34-20-22-8-6-5-7-9-22;/h5-15,19,25H,3-4,16-18,20,29H2,1-2H3,(H,30,31);1H/t25-;/m1./s1. The fourth-order valence-corrected chi connectivity index (χ4v) is 3.28. The average Bonchev–Trinajstić information content (AvgIpc) is 2.87. The second-order valence-electron chi connectivity index (χ2n) is 8.07. The third-order valence-electron chi connectivity index (χ3n) is 5.11. The highest BCUT2D eigenvalue weighted by molar-refractivity contribution is 5.96. The van der Waals surface area contributed by atoms with Crippen LogP contribution in [0.3, 0.4) is 0 Å². The molecule has 7 heteroatoms. The maximum atomic E-state index is 12.8. The lowest BCUT2D eigenvalue weighted by molar-refractivity contribution is -0.117. The molecule has 1 amide bonds. The molecular formula is C28H35ClN2O4. The van der Waals surface area contributed by atoms with Crippen molar-refractivity contribution in [3.05, 3.63) is 83.9 Å². The van der Waals surface area contributed by atoms with Crippen LogP contribution in [0.1, 0.15) is 37.8 Å². The summed E-state index contributed by atoms with van der Waals surface area (Å²) in [4.78, 5) is 12.8. The Morgan fingerprint density at radius 3 is 2.17 bits per heavy atom. The van der Waals surface area contributed by atoms with Gasteiger partial charge >= 0.3 is 0 Å². The lowest BCUT2D eigenvalue weighted by atomic mass is 10.1. The van der Waals surface area contributed by atoms with Gasteiger partial charge in [0.05, 0.1) is 24.9 Å². The topological polar surface area (TPSA) is 82.8 Å². The Hall–Kier alpha value is -3.22. The molecule has 3 aromatic carbocycles. The van der Waals surface area contributed by atoms with Gasteiger partial charge in [-0.3, -0.25) is 4.79 Å². The molecule has 0 bridgehead atoms. The zero-order chi connectivity index (χ0) is 24.2. The van der Waals surface area contributed by atoms with Crippen molar-refractivity contribution in [2.75, 3.05) is 18.5 Å². The lowest BCUT2D eigenvalue weighted by Gasteiger charge is -2.17. The van der Waals surface area contributed by atoms with Crippen LogP contribution in [-0.4, -0.2) is 25.2 Å². The van der Waals surface area contributed by atoms with Crippen LogP contribution >= 0.6 is 12.4 Å². The van der Waals surface area contributed by atoms with Crippen LogP contribution in [0.5, 0.6) is 17.2 Å². The molecule has 0 radical (unpaired) electrons. The molecule has 0 aromatic heterocycles. The van der Waals surface area contributed by atoms with E-state index in [9.17, 15) is 4.79 Å². The minimum Gasteiger partial charge on any atom is -0.493 e. The molecule has 3 N–H and O–H groups in total. The Morgan fingerprint density at radius 2 is 1.49 bits per heavy atom. The second kappa shape index (κ2) is 14.9. The maximum absolute atomic E-state index is 12.8. The van der Waals surface area contributed by atoms with Gasteiger partial charge in [0.2, 0.25) is 5.91 Å². The fraction of sp³-hybridized carbons (Fsp3) is 0.321. The van der Waals surface area contributed by atoms with Crippen molar-refractivity contribution < 1.29 is 19.0 Å². The summed E-state index contributed by atoms with van der Waals surface area (Å²) in [7, 11) is 0. The predicted octanol–water partition coefficient (Wildman–Crippen LogP) is 5.77. The quantitative estimate of drug-likeness (QED) is 0.312. The molecule has 188 valence electrons. The largest absolute Gasteiger partial charge is 0.493 e. The van der Waals surface area contributed by atoms with Gasteiger partial charge in [-0.2, -0.15) is 0 Å². The van der Waals surface area contributed by atoms with Gasteiger partial charge in [0.25, 0.3) is 0 Å². The highest BCUT2D eigenvalue weighted by Crippen LogP contribution is 2.30. The minimum absolute atomic E-state index is 0. The third-order valence-corrected chi connectivity index (χ3v) is 5.11. The highest BCUT2D eigenvalue weighted by atomic mass is 35.5. The molecule has 3 aromatic rings. The van der Waals surface area contributed by atoms with Gasteiger partial charge < -0.3 is 25.3 Å². The molecular weight excluding hydrogens is 464 g/mol. The molecule has 0 unspecified atom stereocenters.